The summed E-state index contributed by atoms with van der Waals surface area (Å²) >= 11 is 0. The number of nitrogens with one attached hydrogen (secondary N) is 1. The van der Waals surface area contributed by atoms with Crippen molar-refractivity contribution in [2.45, 2.75) is 18.9 Å². The smallest absolute Gasteiger partial charge is 0.0510 e. The molecular weight excluding hydrogens is 164 g/mol. The zero-order valence-corrected chi connectivity index (χ0v) is 9.05. The van der Waals surface area contributed by atoms with Gasteiger partial charge < -0.3 is 15.0 Å². The highest BCUT2D eigenvalue weighted by Gasteiger charge is 2.23. The van der Waals surface area contributed by atoms with Crippen molar-refractivity contribution in [2.75, 3.05) is 40.9 Å². The van der Waals surface area contributed by atoms with Crippen LogP contribution >= 0.6 is 0 Å². The second kappa shape index (κ2) is 5.58. The molecule has 1 saturated heterocycles. The van der Waals surface area contributed by atoms with Crippen molar-refractivity contribution in [3.05, 3.63) is 0 Å². The minimum atomic E-state index is 0.630. The fraction of sp³-hybridized carbons (Fsp3) is 1.00. The summed E-state index contributed by atoms with van der Waals surface area (Å²) in [5, 5.41) is 3.39. The average Bonchev–Trinajstić information content (AvgIpc) is 2.58. The van der Waals surface area contributed by atoms with Crippen LogP contribution in [0.15, 0.2) is 0 Å². The van der Waals surface area contributed by atoms with Gasteiger partial charge in [-0.1, -0.05) is 0 Å². The van der Waals surface area contributed by atoms with E-state index in [0.29, 0.717) is 6.04 Å². The molecule has 0 radical (unpaired) electrons. The number of hydrogen-bond acceptors (Lipinski definition) is 3. The van der Waals surface area contributed by atoms with Gasteiger partial charge in [0.1, 0.15) is 0 Å². The minimum Gasteiger partial charge on any atom is -0.381 e. The van der Waals surface area contributed by atoms with Gasteiger partial charge in [-0.25, -0.2) is 0 Å². The summed E-state index contributed by atoms with van der Waals surface area (Å²) in [6.45, 7) is 3.05. The Morgan fingerprint density at radius 2 is 2.31 bits per heavy atom. The van der Waals surface area contributed by atoms with Crippen LogP contribution in [0.2, 0.25) is 0 Å². The van der Waals surface area contributed by atoms with Crippen LogP contribution in [-0.4, -0.2) is 51.8 Å². The van der Waals surface area contributed by atoms with Gasteiger partial charge in [0.15, 0.2) is 0 Å². The molecule has 78 valence electrons. The first-order chi connectivity index (χ1) is 6.24. The Kier molecular flexibility index (Phi) is 4.70. The molecule has 13 heavy (non-hydrogen) atoms. The summed E-state index contributed by atoms with van der Waals surface area (Å²) in [7, 11) is 6.30. The molecule has 0 saturated carbocycles. The topological polar surface area (TPSA) is 24.5 Å². The lowest BCUT2D eigenvalue weighted by Crippen LogP contribution is -2.36. The maximum Gasteiger partial charge on any atom is 0.0510 e. The summed E-state index contributed by atoms with van der Waals surface area (Å²) in [4.78, 5) is 2.24. The van der Waals surface area contributed by atoms with Crippen LogP contribution in [0.25, 0.3) is 0 Å². The van der Waals surface area contributed by atoms with Crippen LogP contribution in [0.3, 0.4) is 0 Å². The van der Waals surface area contributed by atoms with Gasteiger partial charge in [0.2, 0.25) is 0 Å². The van der Waals surface area contributed by atoms with E-state index >= 15 is 0 Å². The third-order valence-corrected chi connectivity index (χ3v) is 2.79. The van der Waals surface area contributed by atoms with Crippen molar-refractivity contribution in [1.82, 2.24) is 10.2 Å². The van der Waals surface area contributed by atoms with Crippen LogP contribution < -0.4 is 5.32 Å². The lowest BCUT2D eigenvalue weighted by molar-refractivity contribution is 0.174. The third-order valence-electron chi connectivity index (χ3n) is 2.79. The molecule has 1 heterocycles. The van der Waals surface area contributed by atoms with Gasteiger partial charge in [0.25, 0.3) is 0 Å². The molecule has 2 atom stereocenters. The van der Waals surface area contributed by atoms with E-state index in [-0.39, 0.29) is 0 Å². The van der Waals surface area contributed by atoms with Gasteiger partial charge in [0, 0.05) is 12.6 Å². The fourth-order valence-electron chi connectivity index (χ4n) is 1.88. The number of rotatable bonds is 5. The van der Waals surface area contributed by atoms with E-state index in [4.69, 9.17) is 4.74 Å². The molecule has 0 amide bonds. The summed E-state index contributed by atoms with van der Waals surface area (Å²) in [5.41, 5.74) is 0. The van der Waals surface area contributed by atoms with Crippen molar-refractivity contribution in [3.8, 4) is 0 Å². The minimum absolute atomic E-state index is 0.630. The van der Waals surface area contributed by atoms with Gasteiger partial charge in [-0.2, -0.15) is 0 Å². The largest absolute Gasteiger partial charge is 0.381 e. The maximum absolute atomic E-state index is 5.39. The lowest BCUT2D eigenvalue weighted by atomic mass is 9.96. The Hall–Kier alpha value is -0.120. The predicted molar refractivity (Wildman–Crippen MR) is 54.9 cm³/mol. The molecule has 0 bridgehead atoms. The van der Waals surface area contributed by atoms with E-state index in [1.54, 1.807) is 0 Å². The number of nitrogens with zero attached hydrogens (tertiary/aromatic N) is 1. The van der Waals surface area contributed by atoms with Crippen molar-refractivity contribution in [1.29, 1.82) is 0 Å². The molecule has 1 rings (SSSR count). The molecule has 1 aliphatic rings. The SMILES string of the molecule is CNC(CCN(C)C)C1CCOC1. The molecule has 0 aliphatic carbocycles. The third kappa shape index (κ3) is 3.63. The highest BCUT2D eigenvalue weighted by molar-refractivity contribution is 4.78. The Morgan fingerprint density at radius 3 is 2.77 bits per heavy atom. The van der Waals surface area contributed by atoms with Gasteiger partial charge in [-0.3, -0.25) is 0 Å². The molecule has 2 unspecified atom stereocenters. The van der Waals surface area contributed by atoms with E-state index in [1.165, 1.54) is 12.8 Å². The number of hydrogen-bond donors (Lipinski definition) is 1. The Morgan fingerprint density at radius 1 is 1.54 bits per heavy atom. The van der Waals surface area contributed by atoms with Gasteiger partial charge in [-0.05, 0) is 46.4 Å². The van der Waals surface area contributed by atoms with Gasteiger partial charge in [-0.15, -0.1) is 0 Å². The lowest BCUT2D eigenvalue weighted by Gasteiger charge is -2.23. The quantitative estimate of drug-likeness (QED) is 0.679. The van der Waals surface area contributed by atoms with E-state index < -0.39 is 0 Å². The molecule has 0 aromatic carbocycles. The summed E-state index contributed by atoms with van der Waals surface area (Å²) < 4.78 is 5.39. The Balaban J connectivity index is 2.24. The molecule has 1 fully saturated rings. The molecule has 3 heteroatoms. The van der Waals surface area contributed by atoms with Crippen molar-refractivity contribution in [3.63, 3.8) is 0 Å². The van der Waals surface area contributed by atoms with Crippen LogP contribution in [0.5, 0.6) is 0 Å². The normalized spacial score (nSPS) is 25.4. The van der Waals surface area contributed by atoms with Crippen molar-refractivity contribution in [2.24, 2.45) is 5.92 Å². The molecular formula is C10H22N2O. The molecule has 0 spiro atoms. The van der Waals surface area contributed by atoms with E-state index in [0.717, 1.165) is 25.7 Å². The first-order valence-electron chi connectivity index (χ1n) is 5.13. The second-order valence-corrected chi connectivity index (χ2v) is 4.11. The van der Waals surface area contributed by atoms with Crippen molar-refractivity contribution >= 4 is 0 Å². The molecule has 3 nitrogen and oxygen atoms in total. The Labute approximate surface area is 81.4 Å². The van der Waals surface area contributed by atoms with Crippen LogP contribution in [0.1, 0.15) is 12.8 Å². The molecule has 1 N–H and O–H groups in total. The van der Waals surface area contributed by atoms with Crippen LogP contribution in [-0.2, 0) is 4.74 Å². The first-order valence-corrected chi connectivity index (χ1v) is 5.13. The predicted octanol–water partition coefficient (Wildman–Crippen LogP) is 0.563. The van der Waals surface area contributed by atoms with Crippen LogP contribution in [0, 0.1) is 5.92 Å². The van der Waals surface area contributed by atoms with E-state index in [2.05, 4.69) is 31.4 Å². The second-order valence-electron chi connectivity index (χ2n) is 4.11. The van der Waals surface area contributed by atoms with Crippen LogP contribution in [0.4, 0.5) is 0 Å². The maximum atomic E-state index is 5.39. The average molecular weight is 186 g/mol. The first kappa shape index (κ1) is 11.0. The fourth-order valence-corrected chi connectivity index (χ4v) is 1.88. The molecule has 0 aromatic rings. The summed E-state index contributed by atoms with van der Waals surface area (Å²) in [5.74, 6) is 0.727. The van der Waals surface area contributed by atoms with Gasteiger partial charge >= 0.3 is 0 Å². The molecule has 0 aromatic heterocycles. The standard InChI is InChI=1S/C10H22N2O/c1-11-10(4-6-12(2)3)9-5-7-13-8-9/h9-11H,4-8H2,1-3H3. The highest BCUT2D eigenvalue weighted by Crippen LogP contribution is 2.18. The van der Waals surface area contributed by atoms with E-state index in [1.807, 2.05) is 0 Å². The van der Waals surface area contributed by atoms with Crippen molar-refractivity contribution < 1.29 is 4.74 Å². The zero-order valence-electron chi connectivity index (χ0n) is 9.05. The zero-order chi connectivity index (χ0) is 9.68. The van der Waals surface area contributed by atoms with Gasteiger partial charge in [0.05, 0.1) is 6.61 Å². The summed E-state index contributed by atoms with van der Waals surface area (Å²) in [6.07, 6.45) is 2.44. The Bertz CT molecular complexity index is 133. The monoisotopic (exact) mass is 186 g/mol. The van der Waals surface area contributed by atoms with E-state index in [9.17, 15) is 0 Å². The highest BCUT2D eigenvalue weighted by atomic mass is 16.5. The number of ether oxygens (including phenoxy) is 1. The summed E-state index contributed by atoms with van der Waals surface area (Å²) in [6, 6.07) is 0.630. The molecule has 1 aliphatic heterocycles.